The van der Waals surface area contributed by atoms with Gasteiger partial charge < -0.3 is 14.3 Å². The predicted molar refractivity (Wildman–Crippen MR) is 81.1 cm³/mol. The number of hydrogen-bond acceptors (Lipinski definition) is 5. The van der Waals surface area contributed by atoms with Crippen LogP contribution in [0.1, 0.15) is 5.56 Å². The second-order valence-electron chi connectivity index (χ2n) is 5.77. The molecule has 1 aliphatic heterocycles. The van der Waals surface area contributed by atoms with Crippen LogP contribution in [0.4, 0.5) is 5.82 Å². The van der Waals surface area contributed by atoms with Crippen molar-refractivity contribution in [2.45, 2.75) is 6.92 Å². The molecule has 3 rings (SSSR count). The molecule has 1 fully saturated rings. The maximum Gasteiger partial charge on any atom is 0.180 e. The van der Waals surface area contributed by atoms with Gasteiger partial charge in [-0.05, 0) is 31.7 Å². The van der Waals surface area contributed by atoms with Crippen molar-refractivity contribution in [3.63, 3.8) is 0 Å². The van der Waals surface area contributed by atoms with Crippen LogP contribution in [0.3, 0.4) is 0 Å². The molecule has 0 amide bonds. The fourth-order valence-electron chi connectivity index (χ4n) is 2.66. The maximum atomic E-state index is 5.44. The van der Waals surface area contributed by atoms with E-state index in [1.165, 1.54) is 5.56 Å². The lowest BCUT2D eigenvalue weighted by Crippen LogP contribution is -2.48. The summed E-state index contributed by atoms with van der Waals surface area (Å²) in [6.07, 6.45) is 0. The third kappa shape index (κ3) is 2.64. The number of anilines is 1. The van der Waals surface area contributed by atoms with Crippen molar-refractivity contribution < 1.29 is 4.52 Å². The zero-order valence-electron chi connectivity index (χ0n) is 12.5. The van der Waals surface area contributed by atoms with Crippen LogP contribution in [0.5, 0.6) is 0 Å². The molecule has 0 radical (unpaired) electrons. The highest BCUT2D eigenvalue weighted by atomic mass is 16.5. The van der Waals surface area contributed by atoms with Crippen molar-refractivity contribution in [3.05, 3.63) is 23.8 Å². The highest BCUT2D eigenvalue weighted by molar-refractivity contribution is 5.88. The molecule has 2 aromatic rings. The van der Waals surface area contributed by atoms with Gasteiger partial charge in [-0.15, -0.1) is 0 Å². The van der Waals surface area contributed by atoms with Crippen molar-refractivity contribution in [1.82, 2.24) is 15.0 Å². The van der Waals surface area contributed by atoms with Crippen molar-refractivity contribution in [3.8, 4) is 0 Å². The molecule has 0 aliphatic carbocycles. The second-order valence-corrected chi connectivity index (χ2v) is 5.77. The van der Waals surface area contributed by atoms with E-state index in [1.54, 1.807) is 0 Å². The van der Waals surface area contributed by atoms with Gasteiger partial charge >= 0.3 is 0 Å². The standard InChI is InChI=1S/C15H22N4O/c1-12-4-5-13-14(10-12)20-16-15(13)18(3)11-19-8-6-17(2)7-9-19/h4-5,10H,6-9,11H2,1-3H3. The number of piperazine rings is 1. The number of rotatable bonds is 3. The molecule has 1 aromatic heterocycles. The number of nitrogens with zero attached hydrogens (tertiary/aromatic N) is 4. The Kier molecular flexibility index (Phi) is 3.63. The minimum Gasteiger partial charge on any atom is -0.354 e. The highest BCUT2D eigenvalue weighted by Crippen LogP contribution is 2.26. The third-order valence-corrected chi connectivity index (χ3v) is 3.98. The van der Waals surface area contributed by atoms with Gasteiger partial charge in [0.1, 0.15) is 0 Å². The summed E-state index contributed by atoms with van der Waals surface area (Å²) in [5, 5.41) is 5.32. The Bertz CT molecular complexity index is 587. The monoisotopic (exact) mass is 274 g/mol. The Balaban J connectivity index is 1.74. The minimum absolute atomic E-state index is 0.866. The fourth-order valence-corrected chi connectivity index (χ4v) is 2.66. The number of aryl methyl sites for hydroxylation is 1. The zero-order valence-corrected chi connectivity index (χ0v) is 12.5. The van der Waals surface area contributed by atoms with E-state index < -0.39 is 0 Å². The average molecular weight is 274 g/mol. The highest BCUT2D eigenvalue weighted by Gasteiger charge is 2.18. The van der Waals surface area contributed by atoms with E-state index in [1.807, 2.05) is 6.07 Å². The van der Waals surface area contributed by atoms with Gasteiger partial charge in [-0.3, -0.25) is 4.90 Å². The van der Waals surface area contributed by atoms with Gasteiger partial charge in [0, 0.05) is 33.2 Å². The number of hydrogen-bond donors (Lipinski definition) is 0. The Labute approximate surface area is 119 Å². The molecule has 1 saturated heterocycles. The molecular formula is C15H22N4O. The first-order chi connectivity index (χ1) is 9.63. The van der Waals surface area contributed by atoms with Crippen LogP contribution in [-0.2, 0) is 0 Å². The van der Waals surface area contributed by atoms with E-state index in [0.717, 1.165) is 49.6 Å². The summed E-state index contributed by atoms with van der Waals surface area (Å²) in [7, 11) is 4.25. The lowest BCUT2D eigenvalue weighted by atomic mass is 10.2. The van der Waals surface area contributed by atoms with Crippen LogP contribution < -0.4 is 4.90 Å². The first-order valence-electron chi connectivity index (χ1n) is 7.11. The molecule has 0 atom stereocenters. The van der Waals surface area contributed by atoms with Crippen molar-refractivity contribution in [1.29, 1.82) is 0 Å². The molecule has 5 nitrogen and oxygen atoms in total. The Morgan fingerprint density at radius 2 is 2.00 bits per heavy atom. The summed E-state index contributed by atoms with van der Waals surface area (Å²) in [5.74, 6) is 0.930. The van der Waals surface area contributed by atoms with E-state index in [2.05, 4.69) is 53.0 Å². The van der Waals surface area contributed by atoms with Gasteiger partial charge in [0.15, 0.2) is 11.4 Å². The molecular weight excluding hydrogens is 252 g/mol. The second kappa shape index (κ2) is 5.42. The number of aromatic nitrogens is 1. The minimum atomic E-state index is 0.866. The van der Waals surface area contributed by atoms with Gasteiger partial charge in [-0.1, -0.05) is 11.2 Å². The van der Waals surface area contributed by atoms with E-state index >= 15 is 0 Å². The molecule has 1 aliphatic rings. The number of benzene rings is 1. The summed E-state index contributed by atoms with van der Waals surface area (Å²) < 4.78 is 5.44. The number of fused-ring (bicyclic) bond motifs is 1. The van der Waals surface area contributed by atoms with E-state index in [9.17, 15) is 0 Å². The lowest BCUT2D eigenvalue weighted by Gasteiger charge is -2.34. The summed E-state index contributed by atoms with van der Waals surface area (Å²) >= 11 is 0. The van der Waals surface area contributed by atoms with Gasteiger partial charge in [0.25, 0.3) is 0 Å². The average Bonchev–Trinajstić information content (AvgIpc) is 2.84. The quantitative estimate of drug-likeness (QED) is 0.852. The largest absolute Gasteiger partial charge is 0.354 e. The predicted octanol–water partition coefficient (Wildman–Crippen LogP) is 1.78. The van der Waals surface area contributed by atoms with E-state index in [4.69, 9.17) is 4.52 Å². The first kappa shape index (κ1) is 13.4. The molecule has 1 aromatic carbocycles. The fraction of sp³-hybridized carbons (Fsp3) is 0.533. The summed E-state index contributed by atoms with van der Waals surface area (Å²) in [6, 6.07) is 6.24. The molecule has 108 valence electrons. The van der Waals surface area contributed by atoms with Gasteiger partial charge in [-0.2, -0.15) is 0 Å². The van der Waals surface area contributed by atoms with Crippen LogP contribution in [0.2, 0.25) is 0 Å². The maximum absolute atomic E-state index is 5.44. The zero-order chi connectivity index (χ0) is 14.1. The van der Waals surface area contributed by atoms with Gasteiger partial charge in [-0.25, -0.2) is 0 Å². The first-order valence-corrected chi connectivity index (χ1v) is 7.11. The van der Waals surface area contributed by atoms with Gasteiger partial charge in [0.2, 0.25) is 0 Å². The molecule has 0 N–H and O–H groups in total. The van der Waals surface area contributed by atoms with Crippen LogP contribution in [0.25, 0.3) is 11.0 Å². The van der Waals surface area contributed by atoms with E-state index in [0.29, 0.717) is 0 Å². The van der Waals surface area contributed by atoms with E-state index in [-0.39, 0.29) is 0 Å². The van der Waals surface area contributed by atoms with Crippen LogP contribution in [-0.4, -0.2) is 61.9 Å². The van der Waals surface area contributed by atoms with Crippen LogP contribution in [0, 0.1) is 6.92 Å². The lowest BCUT2D eigenvalue weighted by molar-refractivity contribution is 0.155. The van der Waals surface area contributed by atoms with Crippen molar-refractivity contribution in [2.24, 2.45) is 0 Å². The van der Waals surface area contributed by atoms with Crippen molar-refractivity contribution >= 4 is 16.8 Å². The summed E-state index contributed by atoms with van der Waals surface area (Å²) in [5.41, 5.74) is 2.06. The Morgan fingerprint density at radius 1 is 1.25 bits per heavy atom. The molecule has 20 heavy (non-hydrogen) atoms. The normalized spacial score (nSPS) is 17.8. The smallest absolute Gasteiger partial charge is 0.180 e. The van der Waals surface area contributed by atoms with Crippen molar-refractivity contribution in [2.75, 3.05) is 51.8 Å². The van der Waals surface area contributed by atoms with Crippen LogP contribution >= 0.6 is 0 Å². The molecule has 5 heteroatoms. The molecule has 0 spiro atoms. The topological polar surface area (TPSA) is 35.8 Å². The summed E-state index contributed by atoms with van der Waals surface area (Å²) in [6.45, 7) is 7.43. The summed E-state index contributed by atoms with van der Waals surface area (Å²) in [4.78, 5) is 6.99. The van der Waals surface area contributed by atoms with Gasteiger partial charge in [0.05, 0.1) is 12.1 Å². The molecule has 2 heterocycles. The molecule has 0 unspecified atom stereocenters. The third-order valence-electron chi connectivity index (χ3n) is 3.98. The molecule has 0 saturated carbocycles. The Hall–Kier alpha value is -1.59. The SMILES string of the molecule is Cc1ccc2c(N(C)CN3CCN(C)CC3)noc2c1. The number of likely N-dealkylation sites (N-methyl/N-ethyl adjacent to an activating group) is 1. The van der Waals surface area contributed by atoms with Crippen LogP contribution in [0.15, 0.2) is 22.7 Å². The molecule has 0 bridgehead atoms. The Morgan fingerprint density at radius 3 is 2.75 bits per heavy atom.